The van der Waals surface area contributed by atoms with E-state index < -0.39 is 15.3 Å². The summed E-state index contributed by atoms with van der Waals surface area (Å²) >= 11 is 5.98. The second-order valence-corrected chi connectivity index (χ2v) is 7.01. The van der Waals surface area contributed by atoms with Gasteiger partial charge in [0.25, 0.3) is 0 Å². The van der Waals surface area contributed by atoms with Gasteiger partial charge in [-0.05, 0) is 33.9 Å². The quantitative estimate of drug-likeness (QED) is 0.797. The predicted octanol–water partition coefficient (Wildman–Crippen LogP) is 3.38. The van der Waals surface area contributed by atoms with E-state index in [-0.39, 0.29) is 10.6 Å². The average Bonchev–Trinajstić information content (AvgIpc) is 2.65. The van der Waals surface area contributed by atoms with Crippen LogP contribution in [-0.4, -0.2) is 4.21 Å². The lowest BCUT2D eigenvalue weighted by Gasteiger charge is -2.06. The van der Waals surface area contributed by atoms with Crippen LogP contribution < -0.4 is 0 Å². The van der Waals surface area contributed by atoms with Gasteiger partial charge in [0.15, 0.2) is 0 Å². The van der Waals surface area contributed by atoms with Gasteiger partial charge in [-0.15, -0.1) is 0 Å². The molecule has 1 aliphatic rings. The number of rotatable bonds is 1. The van der Waals surface area contributed by atoms with Crippen LogP contribution in [0.5, 0.6) is 0 Å². The summed E-state index contributed by atoms with van der Waals surface area (Å²) in [5.41, 5.74) is 0.956. The Morgan fingerprint density at radius 2 is 2.22 bits per heavy atom. The Labute approximate surface area is 114 Å². The molecule has 1 aliphatic heterocycles. The lowest BCUT2D eigenvalue weighted by Crippen LogP contribution is -1.92. The van der Waals surface area contributed by atoms with Crippen LogP contribution in [-0.2, 0) is 19.7 Å². The summed E-state index contributed by atoms with van der Waals surface area (Å²) in [5.74, 6) is -0.490. The normalized spacial score (nSPS) is 18.6. The van der Waals surface area contributed by atoms with Crippen LogP contribution in [0.3, 0.4) is 0 Å². The number of allylic oxidation sites excluding steroid dienone is 3. The maximum atomic E-state index is 13.8. The van der Waals surface area contributed by atoms with E-state index in [2.05, 4.69) is 0 Å². The molecule has 2 rings (SSSR count). The van der Waals surface area contributed by atoms with Crippen molar-refractivity contribution >= 4 is 36.9 Å². The van der Waals surface area contributed by atoms with Gasteiger partial charge in [-0.2, -0.15) is 5.26 Å². The lowest BCUT2D eigenvalue weighted by molar-refractivity contribution is 0.624. The minimum Gasteiger partial charge on any atom is -0.206 e. The zero-order valence-electron chi connectivity index (χ0n) is 9.24. The van der Waals surface area contributed by atoms with E-state index in [1.165, 1.54) is 12.1 Å². The highest BCUT2D eigenvalue weighted by Crippen LogP contribution is 2.38. The Hall–Kier alpha value is -1.22. The number of halogens is 2. The number of hydrogen-bond acceptors (Lipinski definition) is 2. The molecule has 2 nitrogen and oxygen atoms in total. The number of hydrogen-bond donors (Lipinski definition) is 0. The van der Waals surface area contributed by atoms with Crippen molar-refractivity contribution in [3.63, 3.8) is 0 Å². The molecule has 1 aromatic rings. The molecule has 0 saturated carbocycles. The van der Waals surface area contributed by atoms with Crippen molar-refractivity contribution in [2.24, 2.45) is 0 Å². The van der Waals surface area contributed by atoms with Crippen LogP contribution in [0.4, 0.5) is 4.39 Å². The molecule has 0 radical (unpaired) electrons. The highest BCUT2D eigenvalue weighted by Gasteiger charge is 2.24. The van der Waals surface area contributed by atoms with Crippen LogP contribution >= 0.6 is 11.6 Å². The molecule has 1 heterocycles. The first-order chi connectivity index (χ1) is 8.60. The summed E-state index contributed by atoms with van der Waals surface area (Å²) in [6, 6.07) is 6.37. The van der Waals surface area contributed by atoms with Gasteiger partial charge in [-0.3, -0.25) is 0 Å². The Balaban J connectivity index is 2.75. The maximum Gasteiger partial charge on any atom is 0.132 e. The second-order valence-electron chi connectivity index (χ2n) is 3.54. The van der Waals surface area contributed by atoms with Gasteiger partial charge in [-0.25, -0.2) is 8.60 Å². The summed E-state index contributed by atoms with van der Waals surface area (Å²) in [7, 11) is -0.329. The van der Waals surface area contributed by atoms with Crippen molar-refractivity contribution in [1.29, 1.82) is 5.26 Å². The lowest BCUT2D eigenvalue weighted by atomic mass is 10.00. The third-order valence-corrected chi connectivity index (χ3v) is 5.76. The first kappa shape index (κ1) is 13.2. The van der Waals surface area contributed by atoms with Gasteiger partial charge < -0.3 is 0 Å². The molecule has 1 atom stereocenters. The van der Waals surface area contributed by atoms with Crippen LogP contribution in [0.1, 0.15) is 12.5 Å². The Morgan fingerprint density at radius 1 is 1.50 bits per heavy atom. The minimum absolute atomic E-state index is 0.194. The van der Waals surface area contributed by atoms with Crippen molar-refractivity contribution < 1.29 is 8.60 Å². The molecule has 6 heteroatoms. The summed E-state index contributed by atoms with van der Waals surface area (Å²) in [5, 5.41) is 11.0. The molecule has 1 aromatic carbocycles. The highest BCUT2D eigenvalue weighted by molar-refractivity contribution is 8.35. The molecular weight excluding hydrogens is 293 g/mol. The summed E-state index contributed by atoms with van der Waals surface area (Å²) < 4.78 is 24.8. The largest absolute Gasteiger partial charge is 0.206 e. The van der Waals surface area contributed by atoms with Crippen LogP contribution in [0.2, 0.25) is 5.02 Å². The standard InChI is InChI=1S/C12H7ClFNOS2/c1-7-8(5-15)9(6-18(7)17-16)12-10(13)3-2-4-11(12)14/h2-4,6H,1H3. The number of nitrogens with zero attached hydrogens (tertiary/aromatic N) is 1. The van der Waals surface area contributed by atoms with Crippen molar-refractivity contribution in [3.05, 3.63) is 50.5 Å². The van der Waals surface area contributed by atoms with Crippen molar-refractivity contribution in [3.8, 4) is 6.07 Å². The highest BCUT2D eigenvalue weighted by atomic mass is 35.5. The smallest absolute Gasteiger partial charge is 0.132 e. The molecule has 0 aliphatic carbocycles. The van der Waals surface area contributed by atoms with E-state index >= 15 is 0 Å². The van der Waals surface area contributed by atoms with Gasteiger partial charge in [0.1, 0.15) is 22.1 Å². The van der Waals surface area contributed by atoms with E-state index in [4.69, 9.17) is 16.9 Å². The van der Waals surface area contributed by atoms with Gasteiger partial charge in [0, 0.05) is 16.0 Å². The SMILES string of the molecule is CC1=C(C#N)C(c2c(F)cccc2Cl)=CS1=S=O. The fraction of sp³-hybridized carbons (Fsp3) is 0.0833. The molecule has 92 valence electrons. The van der Waals surface area contributed by atoms with E-state index in [1.807, 2.05) is 6.07 Å². The Bertz CT molecular complexity index is 676. The fourth-order valence-electron chi connectivity index (χ4n) is 1.69. The van der Waals surface area contributed by atoms with Gasteiger partial charge >= 0.3 is 0 Å². The summed E-state index contributed by atoms with van der Waals surface area (Å²) in [6.07, 6.45) is 0. The minimum atomic E-state index is -0.725. The third-order valence-electron chi connectivity index (χ3n) is 2.57. The zero-order valence-corrected chi connectivity index (χ0v) is 11.6. The van der Waals surface area contributed by atoms with Crippen molar-refractivity contribution in [1.82, 2.24) is 0 Å². The fourth-order valence-corrected chi connectivity index (χ4v) is 4.05. The molecule has 1 unspecified atom stereocenters. The van der Waals surface area contributed by atoms with Crippen molar-refractivity contribution in [2.45, 2.75) is 6.92 Å². The number of nitriles is 1. The molecule has 0 saturated heterocycles. The predicted molar refractivity (Wildman–Crippen MR) is 73.2 cm³/mol. The Kier molecular flexibility index (Phi) is 3.81. The zero-order chi connectivity index (χ0) is 13.3. The molecule has 0 bridgehead atoms. The summed E-state index contributed by atoms with van der Waals surface area (Å²) in [4.78, 5) is 0.673. The molecule has 0 aromatic heterocycles. The van der Waals surface area contributed by atoms with Gasteiger partial charge in [0.05, 0.1) is 10.6 Å². The maximum absolute atomic E-state index is 13.8. The number of benzene rings is 1. The van der Waals surface area contributed by atoms with Crippen molar-refractivity contribution in [2.75, 3.05) is 0 Å². The monoisotopic (exact) mass is 299 g/mol. The van der Waals surface area contributed by atoms with E-state index in [1.54, 1.807) is 18.4 Å². The van der Waals surface area contributed by atoms with E-state index in [0.717, 1.165) is 0 Å². The third kappa shape index (κ3) is 2.07. The topological polar surface area (TPSA) is 40.9 Å². The van der Waals surface area contributed by atoms with Crippen LogP contribution in [0.15, 0.2) is 34.1 Å². The molecule has 0 amide bonds. The second kappa shape index (κ2) is 5.19. The van der Waals surface area contributed by atoms with Gasteiger partial charge in [0.2, 0.25) is 0 Å². The van der Waals surface area contributed by atoms with E-state index in [9.17, 15) is 8.60 Å². The van der Waals surface area contributed by atoms with Crippen LogP contribution in [0.25, 0.3) is 5.57 Å². The van der Waals surface area contributed by atoms with Gasteiger partial charge in [-0.1, -0.05) is 17.7 Å². The molecule has 0 spiro atoms. The van der Waals surface area contributed by atoms with E-state index in [0.29, 0.717) is 26.3 Å². The molecule has 18 heavy (non-hydrogen) atoms. The molecule has 0 fully saturated rings. The average molecular weight is 300 g/mol. The molecule has 0 N–H and O–H groups in total. The first-order valence-electron chi connectivity index (χ1n) is 4.91. The molecular formula is C12H7ClFNOS2. The Morgan fingerprint density at radius 3 is 2.78 bits per heavy atom. The summed E-state index contributed by atoms with van der Waals surface area (Å²) in [6.45, 7) is 1.71. The first-order valence-corrected chi connectivity index (χ1v) is 7.83. The van der Waals surface area contributed by atoms with Crippen LogP contribution in [0, 0.1) is 17.1 Å².